The molecule has 8 nitrogen and oxygen atoms in total. The van der Waals surface area contributed by atoms with Gasteiger partial charge in [0.25, 0.3) is 15.9 Å². The predicted octanol–water partition coefficient (Wildman–Crippen LogP) is 6.61. The zero-order valence-electron chi connectivity index (χ0n) is 17.9. The third-order valence-electron chi connectivity index (χ3n) is 4.61. The van der Waals surface area contributed by atoms with Crippen molar-refractivity contribution in [3.8, 4) is 11.5 Å². The van der Waals surface area contributed by atoms with Gasteiger partial charge in [-0.15, -0.1) is 0 Å². The zero-order chi connectivity index (χ0) is 26.1. The number of carbonyl (C=O) groups is 1. The fourth-order valence-corrected chi connectivity index (χ4v) is 5.55. The highest BCUT2D eigenvalue weighted by Gasteiger charge is 2.25. The highest BCUT2D eigenvalue weighted by atomic mass is 35.5. The van der Waals surface area contributed by atoms with Crippen molar-refractivity contribution in [2.45, 2.75) is 4.90 Å². The van der Waals surface area contributed by atoms with E-state index in [9.17, 15) is 13.2 Å². The summed E-state index contributed by atoms with van der Waals surface area (Å²) in [6, 6.07) is 7.63. The van der Waals surface area contributed by atoms with E-state index in [0.717, 1.165) is 12.1 Å². The molecule has 0 saturated heterocycles. The van der Waals surface area contributed by atoms with Crippen molar-refractivity contribution in [1.82, 2.24) is 0 Å². The molecule has 0 unspecified atom stereocenters. The van der Waals surface area contributed by atoms with Crippen LogP contribution >= 0.6 is 58.0 Å². The normalized spacial score (nSPS) is 11.2. The van der Waals surface area contributed by atoms with Gasteiger partial charge in [0.05, 0.1) is 56.3 Å². The Morgan fingerprint density at radius 3 is 1.97 bits per heavy atom. The Labute approximate surface area is 226 Å². The van der Waals surface area contributed by atoms with Gasteiger partial charge in [0.2, 0.25) is 0 Å². The quantitative estimate of drug-likeness (QED) is 0.263. The highest BCUT2D eigenvalue weighted by molar-refractivity contribution is 7.92. The fourth-order valence-electron chi connectivity index (χ4n) is 2.90. The van der Waals surface area contributed by atoms with Crippen LogP contribution in [0.5, 0.6) is 11.5 Å². The molecule has 0 atom stereocenters. The minimum atomic E-state index is -4.34. The van der Waals surface area contributed by atoms with Crippen LogP contribution in [0.3, 0.4) is 0 Å². The molecule has 0 aliphatic carbocycles. The molecule has 0 aliphatic heterocycles. The van der Waals surface area contributed by atoms with Gasteiger partial charge < -0.3 is 20.5 Å². The lowest BCUT2D eigenvalue weighted by atomic mass is 10.2. The molecule has 0 aromatic heterocycles. The second-order valence-corrected chi connectivity index (χ2v) is 10.5. The molecule has 3 rings (SSSR count). The standard InChI is InChI=1S/C21H16Cl5N3O5S/c1-33-17-8-18(34-2)16(7-12(17)23)29-35(31,32)19-5-10(11(22)6-13(19)24)21(30)28-9-3-14(25)20(27)15(26)4-9/h3-8,29H,27H2,1-2H3,(H,28,30). The maximum Gasteiger partial charge on any atom is 0.263 e. The lowest BCUT2D eigenvalue weighted by Crippen LogP contribution is -2.17. The number of amides is 1. The Hall–Kier alpha value is -2.27. The van der Waals surface area contributed by atoms with Gasteiger partial charge in [0.15, 0.2) is 0 Å². The van der Waals surface area contributed by atoms with Crippen LogP contribution in [-0.4, -0.2) is 28.5 Å². The van der Waals surface area contributed by atoms with Gasteiger partial charge >= 0.3 is 0 Å². The summed E-state index contributed by atoms with van der Waals surface area (Å²) >= 11 is 30.5. The number of anilines is 3. The van der Waals surface area contributed by atoms with Crippen LogP contribution in [0, 0.1) is 0 Å². The van der Waals surface area contributed by atoms with E-state index in [1.165, 1.54) is 38.5 Å². The molecule has 0 fully saturated rings. The van der Waals surface area contributed by atoms with Crippen molar-refractivity contribution in [2.75, 3.05) is 30.0 Å². The summed E-state index contributed by atoms with van der Waals surface area (Å²) in [6.45, 7) is 0. The first kappa shape index (κ1) is 27.3. The largest absolute Gasteiger partial charge is 0.495 e. The third kappa shape index (κ3) is 5.94. The average Bonchev–Trinajstić information content (AvgIpc) is 2.77. The number of sulfonamides is 1. The molecule has 0 aliphatic rings. The number of rotatable bonds is 7. The second kappa shape index (κ2) is 10.8. The van der Waals surface area contributed by atoms with E-state index < -0.39 is 20.8 Å². The molecule has 4 N–H and O–H groups in total. The topological polar surface area (TPSA) is 120 Å². The Bertz CT molecular complexity index is 1410. The van der Waals surface area contributed by atoms with Crippen molar-refractivity contribution < 1.29 is 22.7 Å². The van der Waals surface area contributed by atoms with E-state index in [-0.39, 0.29) is 59.2 Å². The van der Waals surface area contributed by atoms with Crippen molar-refractivity contribution in [2.24, 2.45) is 0 Å². The van der Waals surface area contributed by atoms with Crippen LogP contribution in [0.25, 0.3) is 0 Å². The van der Waals surface area contributed by atoms with Crippen LogP contribution in [0.1, 0.15) is 10.4 Å². The van der Waals surface area contributed by atoms with Crippen LogP contribution in [-0.2, 0) is 10.0 Å². The molecule has 35 heavy (non-hydrogen) atoms. The average molecular weight is 600 g/mol. The van der Waals surface area contributed by atoms with Gasteiger partial charge in [-0.3, -0.25) is 9.52 Å². The number of methoxy groups -OCH3 is 2. The number of nitrogen functional groups attached to an aromatic ring is 1. The monoisotopic (exact) mass is 597 g/mol. The summed E-state index contributed by atoms with van der Waals surface area (Å²) in [5.74, 6) is -0.335. The summed E-state index contributed by atoms with van der Waals surface area (Å²) in [5.41, 5.74) is 5.89. The second-order valence-electron chi connectivity index (χ2n) is 6.86. The zero-order valence-corrected chi connectivity index (χ0v) is 22.5. The van der Waals surface area contributed by atoms with Crippen LogP contribution in [0.2, 0.25) is 25.1 Å². The Morgan fingerprint density at radius 2 is 1.40 bits per heavy atom. The first-order valence-corrected chi connectivity index (χ1v) is 12.7. The fraction of sp³-hybridized carbons (Fsp3) is 0.0952. The molecule has 0 heterocycles. The maximum atomic E-state index is 13.2. The minimum absolute atomic E-state index is 0.0153. The van der Waals surface area contributed by atoms with Gasteiger partial charge in [-0.1, -0.05) is 58.0 Å². The van der Waals surface area contributed by atoms with Crippen molar-refractivity contribution in [3.05, 3.63) is 67.1 Å². The van der Waals surface area contributed by atoms with Crippen molar-refractivity contribution in [3.63, 3.8) is 0 Å². The smallest absolute Gasteiger partial charge is 0.263 e. The molecule has 1 amide bonds. The van der Waals surface area contributed by atoms with Crippen molar-refractivity contribution >= 4 is 91.0 Å². The molecule has 186 valence electrons. The van der Waals surface area contributed by atoms with Crippen LogP contribution in [0.4, 0.5) is 17.1 Å². The number of ether oxygens (including phenoxy) is 2. The van der Waals surface area contributed by atoms with Crippen LogP contribution < -0.4 is 25.2 Å². The molecule has 0 radical (unpaired) electrons. The molecular formula is C21H16Cl5N3O5S. The number of hydrogen-bond donors (Lipinski definition) is 3. The van der Waals surface area contributed by atoms with Gasteiger partial charge in [-0.25, -0.2) is 8.42 Å². The molecule has 3 aromatic carbocycles. The lowest BCUT2D eigenvalue weighted by Gasteiger charge is -2.16. The third-order valence-corrected chi connectivity index (χ3v) is 7.67. The van der Waals surface area contributed by atoms with E-state index in [1.807, 2.05) is 0 Å². The Balaban J connectivity index is 1.99. The van der Waals surface area contributed by atoms with Gasteiger partial charge in [-0.05, 0) is 30.3 Å². The molecule has 0 saturated carbocycles. The highest BCUT2D eigenvalue weighted by Crippen LogP contribution is 2.38. The summed E-state index contributed by atoms with van der Waals surface area (Å²) in [7, 11) is -1.60. The number of carbonyl (C=O) groups excluding carboxylic acids is 1. The molecule has 3 aromatic rings. The molecule has 0 spiro atoms. The Kier molecular flexibility index (Phi) is 8.41. The van der Waals surface area contributed by atoms with E-state index in [4.69, 9.17) is 73.2 Å². The van der Waals surface area contributed by atoms with Gasteiger partial charge in [-0.2, -0.15) is 0 Å². The Morgan fingerprint density at radius 1 is 0.800 bits per heavy atom. The SMILES string of the molecule is COc1cc(OC)c(NS(=O)(=O)c2cc(C(=O)Nc3cc(Cl)c(N)c(Cl)c3)c(Cl)cc2Cl)cc1Cl. The first-order valence-electron chi connectivity index (χ1n) is 9.37. The lowest BCUT2D eigenvalue weighted by molar-refractivity contribution is 0.102. The maximum absolute atomic E-state index is 13.2. The number of halogens is 5. The molecule has 0 bridgehead atoms. The van der Waals surface area contributed by atoms with E-state index in [2.05, 4.69) is 10.0 Å². The van der Waals surface area contributed by atoms with E-state index >= 15 is 0 Å². The molecule has 14 heteroatoms. The summed E-state index contributed by atoms with van der Waals surface area (Å²) in [4.78, 5) is 12.5. The number of nitrogens with one attached hydrogen (secondary N) is 2. The first-order chi connectivity index (χ1) is 16.4. The number of hydrogen-bond acceptors (Lipinski definition) is 6. The minimum Gasteiger partial charge on any atom is -0.495 e. The van der Waals surface area contributed by atoms with Gasteiger partial charge in [0, 0.05) is 11.8 Å². The predicted molar refractivity (Wildman–Crippen MR) is 141 cm³/mol. The summed E-state index contributed by atoms with van der Waals surface area (Å²) < 4.78 is 39.0. The van der Waals surface area contributed by atoms with Crippen molar-refractivity contribution in [1.29, 1.82) is 0 Å². The summed E-state index contributed by atoms with van der Waals surface area (Å²) in [5, 5.41) is 2.59. The van der Waals surface area contributed by atoms with Crippen LogP contribution in [0.15, 0.2) is 41.3 Å². The molecular weight excluding hydrogens is 584 g/mol. The van der Waals surface area contributed by atoms with E-state index in [1.54, 1.807) is 0 Å². The summed E-state index contributed by atoms with van der Waals surface area (Å²) in [6.07, 6.45) is 0. The number of nitrogens with two attached hydrogens (primary N) is 1. The van der Waals surface area contributed by atoms with E-state index in [0.29, 0.717) is 0 Å². The van der Waals surface area contributed by atoms with Gasteiger partial charge in [0.1, 0.15) is 16.4 Å². The number of benzene rings is 3.